The van der Waals surface area contributed by atoms with Gasteiger partial charge in [0.15, 0.2) is 8.07 Å². The average Bonchev–Trinajstić information content (AvgIpc) is 3.77. The van der Waals surface area contributed by atoms with Crippen LogP contribution in [0.5, 0.6) is 0 Å². The summed E-state index contributed by atoms with van der Waals surface area (Å²) in [7, 11) is -3.05. The number of fused-ring (bicyclic) bond motifs is 6. The summed E-state index contributed by atoms with van der Waals surface area (Å²) in [6.45, 7) is 0. The molecular formula is C59H41N3SSi. The molecule has 0 amide bonds. The van der Waals surface area contributed by atoms with Crippen molar-refractivity contribution in [2.24, 2.45) is 0 Å². The molecular weight excluding hydrogens is 811 g/mol. The second-order valence-electron chi connectivity index (χ2n) is 16.5. The molecule has 8 aromatic carbocycles. The molecule has 1 aliphatic heterocycles. The van der Waals surface area contributed by atoms with Crippen LogP contribution in [0, 0.1) is 0 Å². The molecule has 0 fully saturated rings. The maximum absolute atomic E-state index is 5.42. The monoisotopic (exact) mass is 851 g/mol. The zero-order chi connectivity index (χ0) is 42.5. The summed E-state index contributed by atoms with van der Waals surface area (Å²) in [5, 5.41) is 7.98. The van der Waals surface area contributed by atoms with Gasteiger partial charge in [0.1, 0.15) is 5.82 Å². The smallest absolute Gasteiger partial charge is 0.187 e. The van der Waals surface area contributed by atoms with Crippen molar-refractivity contribution < 1.29 is 0 Å². The summed E-state index contributed by atoms with van der Waals surface area (Å²) in [4.78, 5) is 12.7. The topological polar surface area (TPSA) is 29.0 Å². The first kappa shape index (κ1) is 38.0. The van der Waals surface area contributed by atoms with E-state index in [9.17, 15) is 0 Å². The van der Waals surface area contributed by atoms with Crippen molar-refractivity contribution >= 4 is 77.5 Å². The van der Waals surface area contributed by atoms with Crippen molar-refractivity contribution in [3.63, 3.8) is 0 Å². The van der Waals surface area contributed by atoms with Gasteiger partial charge in [-0.3, -0.25) is 9.88 Å². The molecule has 0 spiro atoms. The highest BCUT2D eigenvalue weighted by Gasteiger charge is 2.51. The van der Waals surface area contributed by atoms with E-state index < -0.39 is 13.5 Å². The standard InChI is InChI=1S/C59H41N3SSi/c1-5-21-43(22-6-1)59(44-23-7-2-8-24-44,45-25-17-20-42(40-45)51-33-15-16-38-60-51)46-26-18-27-47(41-46)62-52-36-37-54-56(50-32-13-14-34-53(50)63-54)57(52)64(48-28-9-3-10-29-48,49-30-11-4-12-31-49)55-35-19-39-61-58(55)62/h1-41H. The maximum Gasteiger partial charge on any atom is 0.187 e. The van der Waals surface area contributed by atoms with E-state index in [4.69, 9.17) is 9.97 Å². The number of rotatable bonds is 8. The molecule has 4 heterocycles. The highest BCUT2D eigenvalue weighted by Crippen LogP contribution is 2.49. The third-order valence-corrected chi connectivity index (χ3v) is 19.1. The first-order valence-corrected chi connectivity index (χ1v) is 24.6. The lowest BCUT2D eigenvalue weighted by molar-refractivity contribution is 0.745. The Bertz CT molecular complexity index is 3370. The number of hydrogen-bond acceptors (Lipinski definition) is 4. The Morgan fingerprint density at radius 2 is 1.03 bits per heavy atom. The fourth-order valence-corrected chi connectivity index (χ4v) is 17.1. The van der Waals surface area contributed by atoms with Gasteiger partial charge in [-0.15, -0.1) is 11.3 Å². The normalized spacial score (nSPS) is 13.1. The molecule has 302 valence electrons. The van der Waals surface area contributed by atoms with E-state index in [2.05, 4.69) is 235 Å². The average molecular weight is 852 g/mol. The van der Waals surface area contributed by atoms with Crippen LogP contribution in [-0.4, -0.2) is 18.0 Å². The van der Waals surface area contributed by atoms with Gasteiger partial charge in [0, 0.05) is 49.5 Å². The Kier molecular flexibility index (Phi) is 9.25. The minimum atomic E-state index is -3.05. The van der Waals surface area contributed by atoms with Crippen LogP contribution in [0.2, 0.25) is 0 Å². The fraction of sp³-hybridized carbons (Fsp3) is 0.0169. The van der Waals surface area contributed by atoms with Crippen LogP contribution in [0.1, 0.15) is 22.3 Å². The zero-order valence-electron chi connectivity index (χ0n) is 34.9. The van der Waals surface area contributed by atoms with E-state index in [0.29, 0.717) is 0 Å². The molecule has 0 N–H and O–H groups in total. The van der Waals surface area contributed by atoms with Crippen LogP contribution >= 0.6 is 11.3 Å². The SMILES string of the molecule is c1ccc(C(c2ccccc2)(c2cccc(-c3ccccn3)c2)c2cccc(N3c4ccc5sc6ccccc6c5c4[Si](c4ccccc4)(c4ccccc4)c4cccnc43)c2)cc1. The van der Waals surface area contributed by atoms with E-state index in [1.807, 2.05) is 29.8 Å². The van der Waals surface area contributed by atoms with Gasteiger partial charge >= 0.3 is 0 Å². The van der Waals surface area contributed by atoms with Gasteiger partial charge in [0.2, 0.25) is 0 Å². The minimum Gasteiger partial charge on any atom is -0.295 e. The summed E-state index contributed by atoms with van der Waals surface area (Å²) < 4.78 is 2.59. The number of benzene rings is 8. The van der Waals surface area contributed by atoms with Gasteiger partial charge in [0.25, 0.3) is 0 Å². The van der Waals surface area contributed by atoms with Gasteiger partial charge in [0.05, 0.1) is 11.1 Å². The molecule has 5 heteroatoms. The fourth-order valence-electron chi connectivity index (χ4n) is 10.6. The molecule has 1 aliphatic rings. The van der Waals surface area contributed by atoms with Crippen molar-refractivity contribution in [2.75, 3.05) is 4.90 Å². The van der Waals surface area contributed by atoms with Crippen molar-refractivity contribution in [1.29, 1.82) is 0 Å². The number of hydrogen-bond donors (Lipinski definition) is 0. The highest BCUT2D eigenvalue weighted by molar-refractivity contribution is 7.28. The predicted octanol–water partition coefficient (Wildman–Crippen LogP) is 12.1. The Morgan fingerprint density at radius 1 is 0.438 bits per heavy atom. The van der Waals surface area contributed by atoms with Crippen LogP contribution in [0.4, 0.5) is 17.2 Å². The number of aromatic nitrogens is 2. The summed E-state index contributed by atoms with van der Waals surface area (Å²) in [6.07, 6.45) is 3.84. The highest BCUT2D eigenvalue weighted by atomic mass is 32.1. The summed E-state index contributed by atoms with van der Waals surface area (Å²) in [5.74, 6) is 0.965. The van der Waals surface area contributed by atoms with Crippen LogP contribution in [0.25, 0.3) is 31.4 Å². The predicted molar refractivity (Wildman–Crippen MR) is 271 cm³/mol. The molecule has 0 saturated heterocycles. The molecule has 0 bridgehead atoms. The summed E-state index contributed by atoms with van der Waals surface area (Å²) >= 11 is 1.89. The molecule has 0 aliphatic carbocycles. The van der Waals surface area contributed by atoms with Crippen molar-refractivity contribution in [1.82, 2.24) is 9.97 Å². The van der Waals surface area contributed by atoms with Crippen LogP contribution in [0.3, 0.4) is 0 Å². The van der Waals surface area contributed by atoms with Crippen LogP contribution < -0.4 is 25.6 Å². The lowest BCUT2D eigenvalue weighted by Crippen LogP contribution is -2.77. The minimum absolute atomic E-state index is 0.699. The second kappa shape index (κ2) is 15.6. The second-order valence-corrected chi connectivity index (χ2v) is 21.2. The zero-order valence-corrected chi connectivity index (χ0v) is 36.7. The molecule has 3 nitrogen and oxygen atoms in total. The van der Waals surface area contributed by atoms with E-state index in [1.165, 1.54) is 57.7 Å². The van der Waals surface area contributed by atoms with Crippen LogP contribution in [-0.2, 0) is 5.41 Å². The Morgan fingerprint density at radius 3 is 1.72 bits per heavy atom. The molecule has 11 aromatic rings. The number of anilines is 3. The molecule has 0 radical (unpaired) electrons. The van der Waals surface area contributed by atoms with Crippen LogP contribution in [0.15, 0.2) is 249 Å². The van der Waals surface area contributed by atoms with E-state index in [0.717, 1.165) is 33.9 Å². The molecule has 0 saturated carbocycles. The first-order chi connectivity index (χ1) is 31.8. The van der Waals surface area contributed by atoms with Crippen molar-refractivity contribution in [3.8, 4) is 11.3 Å². The lowest BCUT2D eigenvalue weighted by Gasteiger charge is -2.45. The van der Waals surface area contributed by atoms with Gasteiger partial charge in [-0.25, -0.2) is 4.98 Å². The Hall–Kier alpha value is -7.70. The number of pyridine rings is 2. The van der Waals surface area contributed by atoms with Crippen molar-refractivity contribution in [2.45, 2.75) is 5.41 Å². The number of nitrogens with zero attached hydrogens (tertiary/aromatic N) is 3. The lowest BCUT2D eigenvalue weighted by atomic mass is 9.65. The molecule has 0 atom stereocenters. The number of thiophene rings is 1. The molecule has 12 rings (SSSR count). The largest absolute Gasteiger partial charge is 0.295 e. The maximum atomic E-state index is 5.42. The van der Waals surface area contributed by atoms with Gasteiger partial charge in [-0.1, -0.05) is 182 Å². The van der Waals surface area contributed by atoms with E-state index in [1.54, 1.807) is 0 Å². The van der Waals surface area contributed by atoms with Gasteiger partial charge in [-0.05, 0) is 97.6 Å². The molecule has 3 aromatic heterocycles. The Balaban J connectivity index is 1.19. The summed E-state index contributed by atoms with van der Waals surface area (Å²) in [5.41, 5.74) is 8.21. The van der Waals surface area contributed by atoms with Crippen molar-refractivity contribution in [3.05, 3.63) is 271 Å². The quantitative estimate of drug-likeness (QED) is 0.113. The third kappa shape index (κ3) is 5.78. The Labute approximate surface area is 378 Å². The van der Waals surface area contributed by atoms with E-state index >= 15 is 0 Å². The van der Waals surface area contributed by atoms with Gasteiger partial charge in [-0.2, -0.15) is 0 Å². The summed E-state index contributed by atoms with van der Waals surface area (Å²) in [6, 6.07) is 87.0. The third-order valence-electron chi connectivity index (χ3n) is 13.2. The van der Waals surface area contributed by atoms with Gasteiger partial charge < -0.3 is 0 Å². The first-order valence-electron chi connectivity index (χ1n) is 21.8. The molecule has 0 unspecified atom stereocenters. The van der Waals surface area contributed by atoms with E-state index in [-0.39, 0.29) is 0 Å². The molecule has 64 heavy (non-hydrogen) atoms.